The van der Waals surface area contributed by atoms with Crippen molar-refractivity contribution in [3.63, 3.8) is 0 Å². The molecule has 0 saturated carbocycles. The lowest BCUT2D eigenvalue weighted by molar-refractivity contribution is 0.494. The maximum atomic E-state index is 4.56. The fourth-order valence-corrected chi connectivity index (χ4v) is 2.16. The molecule has 4 heteroatoms. The minimum absolute atomic E-state index is 0.747. The van der Waals surface area contributed by atoms with Crippen LogP contribution in [0.3, 0.4) is 0 Å². The maximum absolute atomic E-state index is 4.56. The Balaban J connectivity index is 2.06. The van der Waals surface area contributed by atoms with Crippen molar-refractivity contribution in [3.8, 4) is 0 Å². The first-order valence-corrected chi connectivity index (χ1v) is 6.52. The Morgan fingerprint density at radius 2 is 2.06 bits per heavy atom. The molecule has 2 heterocycles. The molecule has 94 valence electrons. The molecule has 2 unspecified atom stereocenters. The van der Waals surface area contributed by atoms with E-state index in [2.05, 4.69) is 41.0 Å². The van der Waals surface area contributed by atoms with Gasteiger partial charge in [-0.05, 0) is 24.3 Å². The van der Waals surface area contributed by atoms with Crippen molar-refractivity contribution in [1.29, 1.82) is 0 Å². The molecule has 17 heavy (non-hydrogen) atoms. The van der Waals surface area contributed by atoms with E-state index in [1.54, 1.807) is 0 Å². The minimum atomic E-state index is 0.747. The first-order chi connectivity index (χ1) is 8.20. The first-order valence-electron chi connectivity index (χ1n) is 6.52. The maximum Gasteiger partial charge on any atom is 0.224 e. The van der Waals surface area contributed by atoms with E-state index in [-0.39, 0.29) is 0 Å². The Morgan fingerprint density at radius 3 is 2.71 bits per heavy atom. The van der Waals surface area contributed by atoms with Crippen molar-refractivity contribution in [3.05, 3.63) is 12.3 Å². The van der Waals surface area contributed by atoms with Crippen LogP contribution < -0.4 is 10.2 Å². The second-order valence-electron chi connectivity index (χ2n) is 5.02. The van der Waals surface area contributed by atoms with Crippen molar-refractivity contribution < 1.29 is 0 Å². The van der Waals surface area contributed by atoms with E-state index in [4.69, 9.17) is 0 Å². The van der Waals surface area contributed by atoms with Gasteiger partial charge >= 0.3 is 0 Å². The molecule has 0 radical (unpaired) electrons. The molecule has 1 aliphatic heterocycles. The summed E-state index contributed by atoms with van der Waals surface area (Å²) in [6.45, 7) is 9.89. The van der Waals surface area contributed by atoms with Crippen LogP contribution in [0.5, 0.6) is 0 Å². The molecule has 2 atom stereocenters. The molecule has 1 fully saturated rings. The van der Waals surface area contributed by atoms with E-state index in [0.29, 0.717) is 0 Å². The molecule has 0 amide bonds. The van der Waals surface area contributed by atoms with Crippen LogP contribution in [0.2, 0.25) is 0 Å². The van der Waals surface area contributed by atoms with Gasteiger partial charge < -0.3 is 10.2 Å². The molecule has 1 aliphatic rings. The van der Waals surface area contributed by atoms with Crippen molar-refractivity contribution >= 4 is 11.8 Å². The second kappa shape index (κ2) is 5.34. The van der Waals surface area contributed by atoms with E-state index in [9.17, 15) is 0 Å². The number of rotatable bonds is 4. The largest absolute Gasteiger partial charge is 0.356 e. The van der Waals surface area contributed by atoms with Gasteiger partial charge in [-0.3, -0.25) is 0 Å². The molecule has 1 saturated heterocycles. The zero-order valence-corrected chi connectivity index (χ0v) is 11.0. The molecule has 0 aromatic carbocycles. The molecule has 1 N–H and O–H groups in total. The van der Waals surface area contributed by atoms with Crippen LogP contribution >= 0.6 is 0 Å². The summed E-state index contributed by atoms with van der Waals surface area (Å²) in [7, 11) is 0. The van der Waals surface area contributed by atoms with Crippen LogP contribution in [0.15, 0.2) is 12.3 Å². The standard InChI is InChI=1S/C13H22N4/c1-4-6-14-13-15-7-5-12(16-13)17-8-10(2)11(3)9-17/h5,7,10-11H,4,6,8-9H2,1-3H3,(H,14,15,16). The Hall–Kier alpha value is -1.32. The monoisotopic (exact) mass is 234 g/mol. The number of anilines is 2. The Kier molecular flexibility index (Phi) is 3.82. The summed E-state index contributed by atoms with van der Waals surface area (Å²) in [4.78, 5) is 11.2. The van der Waals surface area contributed by atoms with Crippen LogP contribution in [0, 0.1) is 11.8 Å². The third-order valence-corrected chi connectivity index (χ3v) is 3.49. The zero-order chi connectivity index (χ0) is 12.3. The Morgan fingerprint density at radius 1 is 1.35 bits per heavy atom. The Bertz CT molecular complexity index is 356. The van der Waals surface area contributed by atoms with Crippen molar-refractivity contribution in [2.75, 3.05) is 29.9 Å². The van der Waals surface area contributed by atoms with Gasteiger partial charge in [0.25, 0.3) is 0 Å². The molecule has 0 bridgehead atoms. The first kappa shape index (κ1) is 12.1. The third kappa shape index (κ3) is 2.87. The summed E-state index contributed by atoms with van der Waals surface area (Å²) in [6, 6.07) is 2.00. The van der Waals surface area contributed by atoms with Gasteiger partial charge in [-0.1, -0.05) is 20.8 Å². The number of nitrogens with zero attached hydrogens (tertiary/aromatic N) is 3. The predicted octanol–water partition coefficient (Wildman–Crippen LogP) is 2.39. The zero-order valence-electron chi connectivity index (χ0n) is 11.0. The second-order valence-corrected chi connectivity index (χ2v) is 5.02. The fraction of sp³-hybridized carbons (Fsp3) is 0.692. The normalized spacial score (nSPS) is 24.1. The van der Waals surface area contributed by atoms with Crippen molar-refractivity contribution in [2.24, 2.45) is 11.8 Å². The number of hydrogen-bond donors (Lipinski definition) is 1. The smallest absolute Gasteiger partial charge is 0.224 e. The van der Waals surface area contributed by atoms with Gasteiger partial charge in [0.1, 0.15) is 5.82 Å². The van der Waals surface area contributed by atoms with Gasteiger partial charge in [0.05, 0.1) is 0 Å². The molecule has 0 aliphatic carbocycles. The lowest BCUT2D eigenvalue weighted by atomic mass is 10.0. The molecule has 1 aromatic heterocycles. The molecular formula is C13H22N4. The molecule has 2 rings (SSSR count). The predicted molar refractivity (Wildman–Crippen MR) is 71.4 cm³/mol. The summed E-state index contributed by atoms with van der Waals surface area (Å²) in [5, 5.41) is 3.23. The summed E-state index contributed by atoms with van der Waals surface area (Å²) in [5.41, 5.74) is 0. The van der Waals surface area contributed by atoms with Crippen LogP contribution in [0.1, 0.15) is 27.2 Å². The lowest BCUT2D eigenvalue weighted by Gasteiger charge is -2.17. The van der Waals surface area contributed by atoms with E-state index in [1.807, 2.05) is 12.3 Å². The minimum Gasteiger partial charge on any atom is -0.356 e. The van der Waals surface area contributed by atoms with Crippen molar-refractivity contribution in [2.45, 2.75) is 27.2 Å². The average Bonchev–Trinajstić information content (AvgIpc) is 2.68. The summed E-state index contributed by atoms with van der Waals surface area (Å²) in [6.07, 6.45) is 2.93. The lowest BCUT2D eigenvalue weighted by Crippen LogP contribution is -2.21. The average molecular weight is 234 g/mol. The highest BCUT2D eigenvalue weighted by Crippen LogP contribution is 2.26. The van der Waals surface area contributed by atoms with Crippen LogP contribution in [-0.4, -0.2) is 29.6 Å². The number of hydrogen-bond acceptors (Lipinski definition) is 4. The molecular weight excluding hydrogens is 212 g/mol. The van der Waals surface area contributed by atoms with E-state index in [1.165, 1.54) is 0 Å². The van der Waals surface area contributed by atoms with Gasteiger partial charge in [-0.2, -0.15) is 4.98 Å². The van der Waals surface area contributed by atoms with Gasteiger partial charge in [0.2, 0.25) is 5.95 Å². The van der Waals surface area contributed by atoms with E-state index >= 15 is 0 Å². The highest BCUT2D eigenvalue weighted by molar-refractivity contribution is 5.43. The van der Waals surface area contributed by atoms with E-state index < -0.39 is 0 Å². The van der Waals surface area contributed by atoms with E-state index in [0.717, 1.165) is 49.7 Å². The topological polar surface area (TPSA) is 41.1 Å². The molecule has 4 nitrogen and oxygen atoms in total. The van der Waals surface area contributed by atoms with Gasteiger partial charge in [0.15, 0.2) is 0 Å². The molecule has 1 aromatic rings. The summed E-state index contributed by atoms with van der Waals surface area (Å²) < 4.78 is 0. The summed E-state index contributed by atoms with van der Waals surface area (Å²) >= 11 is 0. The molecule has 0 spiro atoms. The highest BCUT2D eigenvalue weighted by Gasteiger charge is 2.26. The third-order valence-electron chi connectivity index (χ3n) is 3.49. The quantitative estimate of drug-likeness (QED) is 0.868. The Labute approximate surface area is 103 Å². The van der Waals surface area contributed by atoms with Crippen LogP contribution in [0.25, 0.3) is 0 Å². The van der Waals surface area contributed by atoms with Gasteiger partial charge in [0, 0.05) is 25.8 Å². The number of nitrogens with one attached hydrogen (secondary N) is 1. The van der Waals surface area contributed by atoms with Gasteiger partial charge in [-0.15, -0.1) is 0 Å². The van der Waals surface area contributed by atoms with Gasteiger partial charge in [-0.25, -0.2) is 4.98 Å². The SMILES string of the molecule is CCCNc1nccc(N2CC(C)C(C)C2)n1. The summed E-state index contributed by atoms with van der Waals surface area (Å²) in [5.74, 6) is 3.29. The van der Waals surface area contributed by atoms with Crippen LogP contribution in [0.4, 0.5) is 11.8 Å². The number of aromatic nitrogens is 2. The highest BCUT2D eigenvalue weighted by atomic mass is 15.2. The van der Waals surface area contributed by atoms with Crippen LogP contribution in [-0.2, 0) is 0 Å². The fourth-order valence-electron chi connectivity index (χ4n) is 2.16. The van der Waals surface area contributed by atoms with Crippen molar-refractivity contribution in [1.82, 2.24) is 9.97 Å².